The summed E-state index contributed by atoms with van der Waals surface area (Å²) in [5.41, 5.74) is 6.78. The van der Waals surface area contributed by atoms with Gasteiger partial charge in [0.15, 0.2) is 0 Å². The predicted molar refractivity (Wildman–Crippen MR) is 83.6 cm³/mol. The van der Waals surface area contributed by atoms with Crippen molar-refractivity contribution >= 4 is 27.3 Å². The van der Waals surface area contributed by atoms with Crippen LogP contribution in [0.2, 0.25) is 0 Å². The second kappa shape index (κ2) is 6.77. The van der Waals surface area contributed by atoms with Crippen LogP contribution in [0.1, 0.15) is 13.8 Å². The summed E-state index contributed by atoms with van der Waals surface area (Å²) in [6, 6.07) is 4.47. The van der Waals surface area contributed by atoms with E-state index in [1.54, 1.807) is 18.0 Å². The molecule has 0 aliphatic carbocycles. The maximum Gasteiger partial charge on any atom is 0.240 e. The molecule has 1 rings (SSSR count). The molecule has 0 saturated heterocycles. The van der Waals surface area contributed by atoms with E-state index in [-0.39, 0.29) is 23.4 Å². The number of carbonyl (C=O) groups excluding carboxylic acids is 1. The monoisotopic (exact) mass is 314 g/mol. The molecular weight excluding hydrogens is 292 g/mol. The Morgan fingerprint density at radius 3 is 2.48 bits per heavy atom. The molecule has 1 aromatic rings. The molecule has 1 amide bonds. The van der Waals surface area contributed by atoms with Crippen molar-refractivity contribution in [2.75, 3.05) is 31.3 Å². The van der Waals surface area contributed by atoms with Crippen molar-refractivity contribution in [2.45, 2.75) is 24.8 Å². The highest BCUT2D eigenvalue weighted by Crippen LogP contribution is 2.25. The first-order chi connectivity index (χ1) is 9.67. The Bertz CT molecular complexity index is 614. The van der Waals surface area contributed by atoms with Crippen molar-refractivity contribution in [3.8, 4) is 0 Å². The highest BCUT2D eigenvalue weighted by Gasteiger charge is 2.15. The highest BCUT2D eigenvalue weighted by atomic mass is 32.2. The van der Waals surface area contributed by atoms with Gasteiger partial charge in [0.1, 0.15) is 0 Å². The molecule has 0 atom stereocenters. The summed E-state index contributed by atoms with van der Waals surface area (Å²) >= 11 is 0. The Hall–Kier alpha value is -1.80. The van der Waals surface area contributed by atoms with Crippen LogP contribution in [-0.4, -0.2) is 41.0 Å². The van der Waals surface area contributed by atoms with Crippen LogP contribution in [0.25, 0.3) is 0 Å². The number of nitrogens with one attached hydrogen (secondary N) is 2. The first-order valence-electron chi connectivity index (χ1n) is 6.51. The van der Waals surface area contributed by atoms with E-state index in [2.05, 4.69) is 10.0 Å². The molecule has 0 saturated carbocycles. The fraction of sp³-hybridized carbons (Fsp3) is 0.462. The minimum Gasteiger partial charge on any atom is -0.397 e. The zero-order chi connectivity index (χ0) is 16.2. The third-order valence-electron chi connectivity index (χ3n) is 2.82. The van der Waals surface area contributed by atoms with Crippen molar-refractivity contribution in [3.63, 3.8) is 0 Å². The minimum absolute atomic E-state index is 0.0615. The van der Waals surface area contributed by atoms with Gasteiger partial charge in [-0.2, -0.15) is 0 Å². The molecule has 1 aromatic carbocycles. The second-order valence-corrected chi connectivity index (χ2v) is 6.89. The molecular formula is C13H22N4O3S. The standard InChI is InChI=1S/C13H22N4O3S/c1-9(2)16-13(18)8-17(4)12-6-5-10(7-11(12)14)21(19,20)15-3/h5-7,9,15H,8,14H2,1-4H3,(H,16,18). The van der Waals surface area contributed by atoms with Gasteiger partial charge < -0.3 is 16.0 Å². The lowest BCUT2D eigenvalue weighted by atomic mass is 10.2. The number of anilines is 2. The van der Waals surface area contributed by atoms with Gasteiger partial charge in [0.25, 0.3) is 0 Å². The smallest absolute Gasteiger partial charge is 0.240 e. The molecule has 8 heteroatoms. The van der Waals surface area contributed by atoms with Crippen LogP contribution in [0.4, 0.5) is 11.4 Å². The zero-order valence-electron chi connectivity index (χ0n) is 12.7. The fourth-order valence-corrected chi connectivity index (χ4v) is 2.60. The van der Waals surface area contributed by atoms with E-state index in [0.29, 0.717) is 11.4 Å². The van der Waals surface area contributed by atoms with Gasteiger partial charge in [0.05, 0.1) is 22.8 Å². The Morgan fingerprint density at radius 1 is 1.38 bits per heavy atom. The maximum absolute atomic E-state index is 11.7. The summed E-state index contributed by atoms with van der Waals surface area (Å²) in [6.45, 7) is 3.90. The number of benzene rings is 1. The molecule has 0 aliphatic heterocycles. The molecule has 118 valence electrons. The van der Waals surface area contributed by atoms with Crippen LogP contribution in [0.3, 0.4) is 0 Å². The number of hydrogen-bond acceptors (Lipinski definition) is 5. The number of amides is 1. The molecule has 0 heterocycles. The molecule has 0 bridgehead atoms. The Balaban J connectivity index is 2.92. The van der Waals surface area contributed by atoms with E-state index in [1.165, 1.54) is 19.2 Å². The minimum atomic E-state index is -3.53. The maximum atomic E-state index is 11.7. The SMILES string of the molecule is CNS(=O)(=O)c1ccc(N(C)CC(=O)NC(C)C)c(N)c1. The molecule has 0 fully saturated rings. The lowest BCUT2D eigenvalue weighted by Gasteiger charge is -2.21. The number of nitrogen functional groups attached to an aromatic ring is 1. The summed E-state index contributed by atoms with van der Waals surface area (Å²) in [6.07, 6.45) is 0. The largest absolute Gasteiger partial charge is 0.397 e. The van der Waals surface area contributed by atoms with Gasteiger partial charge in [0, 0.05) is 13.1 Å². The van der Waals surface area contributed by atoms with Crippen LogP contribution >= 0.6 is 0 Å². The van der Waals surface area contributed by atoms with Gasteiger partial charge >= 0.3 is 0 Å². The fourth-order valence-electron chi connectivity index (χ4n) is 1.83. The summed E-state index contributed by atoms with van der Waals surface area (Å²) in [5.74, 6) is -0.126. The number of carbonyl (C=O) groups is 1. The van der Waals surface area contributed by atoms with Gasteiger partial charge in [-0.25, -0.2) is 13.1 Å². The van der Waals surface area contributed by atoms with Crippen LogP contribution in [0.5, 0.6) is 0 Å². The molecule has 0 spiro atoms. The Morgan fingerprint density at radius 2 is 2.00 bits per heavy atom. The Kier molecular flexibility index (Phi) is 5.56. The number of likely N-dealkylation sites (N-methyl/N-ethyl adjacent to an activating group) is 1. The van der Waals surface area contributed by atoms with Gasteiger partial charge in [0.2, 0.25) is 15.9 Å². The van der Waals surface area contributed by atoms with Gasteiger partial charge in [-0.15, -0.1) is 0 Å². The van der Waals surface area contributed by atoms with Crippen molar-refractivity contribution in [1.82, 2.24) is 10.0 Å². The van der Waals surface area contributed by atoms with Crippen LogP contribution in [0, 0.1) is 0 Å². The van der Waals surface area contributed by atoms with Crippen LogP contribution in [-0.2, 0) is 14.8 Å². The average Bonchev–Trinajstić information content (AvgIpc) is 2.37. The molecule has 0 aliphatic rings. The lowest BCUT2D eigenvalue weighted by Crippen LogP contribution is -2.38. The summed E-state index contributed by atoms with van der Waals surface area (Å²) < 4.78 is 25.6. The highest BCUT2D eigenvalue weighted by molar-refractivity contribution is 7.89. The van der Waals surface area contributed by atoms with E-state index >= 15 is 0 Å². The number of rotatable bonds is 6. The average molecular weight is 314 g/mol. The van der Waals surface area contributed by atoms with Gasteiger partial charge in [-0.05, 0) is 39.1 Å². The summed E-state index contributed by atoms with van der Waals surface area (Å²) in [4.78, 5) is 13.5. The van der Waals surface area contributed by atoms with E-state index in [0.717, 1.165) is 0 Å². The van der Waals surface area contributed by atoms with Crippen molar-refractivity contribution in [2.24, 2.45) is 0 Å². The van der Waals surface area contributed by atoms with Crippen LogP contribution < -0.4 is 20.7 Å². The Labute approximate surface area is 125 Å². The van der Waals surface area contributed by atoms with Gasteiger partial charge in [-0.3, -0.25) is 4.79 Å². The third-order valence-corrected chi connectivity index (χ3v) is 4.23. The molecule has 7 nitrogen and oxygen atoms in total. The normalized spacial score (nSPS) is 11.5. The third kappa shape index (κ3) is 4.61. The first-order valence-corrected chi connectivity index (χ1v) is 7.99. The molecule has 0 unspecified atom stereocenters. The zero-order valence-corrected chi connectivity index (χ0v) is 13.5. The molecule has 21 heavy (non-hydrogen) atoms. The quantitative estimate of drug-likeness (QED) is 0.648. The second-order valence-electron chi connectivity index (χ2n) is 5.01. The molecule has 0 aromatic heterocycles. The lowest BCUT2D eigenvalue weighted by molar-refractivity contribution is -0.120. The van der Waals surface area contributed by atoms with Crippen molar-refractivity contribution < 1.29 is 13.2 Å². The first kappa shape index (κ1) is 17.3. The number of nitrogens with two attached hydrogens (primary N) is 1. The topological polar surface area (TPSA) is 105 Å². The van der Waals surface area contributed by atoms with Crippen LogP contribution in [0.15, 0.2) is 23.1 Å². The molecule has 0 radical (unpaired) electrons. The van der Waals surface area contributed by atoms with Crippen molar-refractivity contribution in [3.05, 3.63) is 18.2 Å². The van der Waals surface area contributed by atoms with E-state index in [1.807, 2.05) is 13.8 Å². The molecule has 4 N–H and O–H groups in total. The van der Waals surface area contributed by atoms with E-state index in [9.17, 15) is 13.2 Å². The van der Waals surface area contributed by atoms with Gasteiger partial charge in [-0.1, -0.05) is 0 Å². The predicted octanol–water partition coefficient (Wildman–Crippen LogP) is 0.138. The van der Waals surface area contributed by atoms with E-state index in [4.69, 9.17) is 5.73 Å². The summed E-state index contributed by atoms with van der Waals surface area (Å²) in [7, 11) is -0.475. The van der Waals surface area contributed by atoms with E-state index < -0.39 is 10.0 Å². The number of hydrogen-bond donors (Lipinski definition) is 3. The number of nitrogens with zero attached hydrogens (tertiary/aromatic N) is 1. The van der Waals surface area contributed by atoms with Crippen molar-refractivity contribution in [1.29, 1.82) is 0 Å². The summed E-state index contributed by atoms with van der Waals surface area (Å²) in [5, 5.41) is 2.78. The number of sulfonamides is 1.